The van der Waals surface area contributed by atoms with Gasteiger partial charge in [0.05, 0.1) is 12.5 Å². The lowest BCUT2D eigenvalue weighted by Gasteiger charge is -2.27. The average Bonchev–Trinajstić information content (AvgIpc) is 2.97. The zero-order valence-electron chi connectivity index (χ0n) is 10.5. The van der Waals surface area contributed by atoms with E-state index in [1.807, 2.05) is 6.07 Å². The number of likely N-dealkylation sites (tertiary alicyclic amines) is 1. The zero-order valence-corrected chi connectivity index (χ0v) is 10.5. The van der Waals surface area contributed by atoms with Gasteiger partial charge in [-0.1, -0.05) is 30.3 Å². The lowest BCUT2D eigenvalue weighted by molar-refractivity contribution is 0.231. The van der Waals surface area contributed by atoms with Crippen LogP contribution in [0.4, 0.5) is 0 Å². The first-order valence-electron chi connectivity index (χ1n) is 6.75. The Balaban J connectivity index is 1.77. The third-order valence-corrected chi connectivity index (χ3v) is 4.33. The first-order chi connectivity index (χ1) is 8.88. The predicted octanol–water partition coefficient (Wildman–Crippen LogP) is 1.79. The summed E-state index contributed by atoms with van der Waals surface area (Å²) in [5, 5.41) is 12.5. The molecule has 2 heterocycles. The maximum absolute atomic E-state index is 9.07. The molecule has 3 unspecified atom stereocenters. The van der Waals surface area contributed by atoms with E-state index >= 15 is 0 Å². The van der Waals surface area contributed by atoms with Crippen LogP contribution in [0.1, 0.15) is 18.0 Å². The molecular weight excluding hydrogens is 222 g/mol. The molecule has 1 aromatic carbocycles. The molecule has 2 aliphatic rings. The fraction of sp³-hybridized carbons (Fsp3) is 0.533. The highest BCUT2D eigenvalue weighted by molar-refractivity contribution is 5.20. The number of nitrogens with zero attached hydrogens (tertiary/aromatic N) is 2. The quantitative estimate of drug-likeness (QED) is 0.877. The molecule has 94 valence electrons. The van der Waals surface area contributed by atoms with Crippen molar-refractivity contribution in [3.63, 3.8) is 0 Å². The number of fused-ring (bicyclic) bond motifs is 1. The highest BCUT2D eigenvalue weighted by atomic mass is 15.2. The van der Waals surface area contributed by atoms with Gasteiger partial charge in [0, 0.05) is 19.1 Å². The van der Waals surface area contributed by atoms with Crippen molar-refractivity contribution in [2.45, 2.75) is 12.5 Å². The van der Waals surface area contributed by atoms with Crippen LogP contribution in [-0.2, 0) is 0 Å². The minimum absolute atomic E-state index is 0.279. The Bertz CT molecular complexity index is 425. The van der Waals surface area contributed by atoms with Crippen LogP contribution in [0.5, 0.6) is 0 Å². The summed E-state index contributed by atoms with van der Waals surface area (Å²) in [6.45, 7) is 4.57. The standard InChI is InChI=1S/C15H19N3/c16-7-6-15(12-4-2-1-3-5-12)18-10-13-8-17-9-14(13)11-18/h1-5,13-15,17H,6,8-11H2. The van der Waals surface area contributed by atoms with E-state index < -0.39 is 0 Å². The lowest BCUT2D eigenvalue weighted by atomic mass is 10.0. The number of benzene rings is 1. The second-order valence-corrected chi connectivity index (χ2v) is 5.42. The topological polar surface area (TPSA) is 39.1 Å². The monoisotopic (exact) mass is 241 g/mol. The van der Waals surface area contributed by atoms with E-state index in [9.17, 15) is 0 Å². The maximum atomic E-state index is 9.07. The molecule has 2 aliphatic heterocycles. The van der Waals surface area contributed by atoms with E-state index in [1.165, 1.54) is 5.56 Å². The minimum Gasteiger partial charge on any atom is -0.316 e. The fourth-order valence-electron chi connectivity index (χ4n) is 3.37. The molecule has 2 fully saturated rings. The van der Waals surface area contributed by atoms with Crippen LogP contribution in [0.15, 0.2) is 30.3 Å². The van der Waals surface area contributed by atoms with Gasteiger partial charge in [-0.25, -0.2) is 0 Å². The smallest absolute Gasteiger partial charge is 0.0641 e. The van der Waals surface area contributed by atoms with Crippen molar-refractivity contribution < 1.29 is 0 Å². The molecule has 0 spiro atoms. The summed E-state index contributed by atoms with van der Waals surface area (Å²) in [5.74, 6) is 1.57. The molecule has 3 rings (SSSR count). The van der Waals surface area contributed by atoms with Gasteiger partial charge in [0.1, 0.15) is 0 Å². The SMILES string of the molecule is N#CCC(c1ccccc1)N1CC2CNCC2C1. The van der Waals surface area contributed by atoms with Crippen molar-refractivity contribution in [3.8, 4) is 6.07 Å². The number of rotatable bonds is 3. The van der Waals surface area contributed by atoms with Gasteiger partial charge in [-0.2, -0.15) is 5.26 Å². The average molecular weight is 241 g/mol. The van der Waals surface area contributed by atoms with Gasteiger partial charge in [0.15, 0.2) is 0 Å². The maximum Gasteiger partial charge on any atom is 0.0641 e. The Morgan fingerprint density at radius 2 is 1.89 bits per heavy atom. The summed E-state index contributed by atoms with van der Waals surface area (Å²) in [7, 11) is 0. The molecule has 3 atom stereocenters. The van der Waals surface area contributed by atoms with Gasteiger partial charge >= 0.3 is 0 Å². The molecular formula is C15H19N3. The molecule has 0 aromatic heterocycles. The van der Waals surface area contributed by atoms with Crippen LogP contribution in [-0.4, -0.2) is 31.1 Å². The molecule has 0 radical (unpaired) electrons. The summed E-state index contributed by atoms with van der Waals surface area (Å²) >= 11 is 0. The molecule has 0 amide bonds. The van der Waals surface area contributed by atoms with E-state index in [0.717, 1.165) is 38.0 Å². The number of nitriles is 1. The number of nitrogens with one attached hydrogen (secondary N) is 1. The Hall–Kier alpha value is -1.37. The third-order valence-electron chi connectivity index (χ3n) is 4.33. The normalized spacial score (nSPS) is 28.8. The lowest BCUT2D eigenvalue weighted by Crippen LogP contribution is -2.29. The van der Waals surface area contributed by atoms with Crippen molar-refractivity contribution in [3.05, 3.63) is 35.9 Å². The van der Waals surface area contributed by atoms with Crippen LogP contribution in [0, 0.1) is 23.2 Å². The number of hydrogen-bond donors (Lipinski definition) is 1. The first-order valence-corrected chi connectivity index (χ1v) is 6.75. The van der Waals surface area contributed by atoms with E-state index in [0.29, 0.717) is 6.42 Å². The summed E-state index contributed by atoms with van der Waals surface area (Å²) in [5.41, 5.74) is 1.28. The summed E-state index contributed by atoms with van der Waals surface area (Å²) < 4.78 is 0. The summed E-state index contributed by atoms with van der Waals surface area (Å²) in [6.07, 6.45) is 0.594. The molecule has 0 aliphatic carbocycles. The molecule has 3 nitrogen and oxygen atoms in total. The van der Waals surface area contributed by atoms with Gasteiger partial charge in [-0.3, -0.25) is 4.90 Å². The molecule has 0 saturated carbocycles. The van der Waals surface area contributed by atoms with Gasteiger partial charge in [-0.05, 0) is 30.5 Å². The van der Waals surface area contributed by atoms with Crippen molar-refractivity contribution in [2.24, 2.45) is 11.8 Å². The van der Waals surface area contributed by atoms with E-state index in [2.05, 4.69) is 40.6 Å². The third kappa shape index (κ3) is 2.14. The zero-order chi connectivity index (χ0) is 12.4. The van der Waals surface area contributed by atoms with Crippen LogP contribution in [0.3, 0.4) is 0 Å². The largest absolute Gasteiger partial charge is 0.316 e. The van der Waals surface area contributed by atoms with Crippen molar-refractivity contribution >= 4 is 0 Å². The van der Waals surface area contributed by atoms with Crippen molar-refractivity contribution in [1.29, 1.82) is 5.26 Å². The van der Waals surface area contributed by atoms with Gasteiger partial charge in [-0.15, -0.1) is 0 Å². The van der Waals surface area contributed by atoms with E-state index in [-0.39, 0.29) is 6.04 Å². The molecule has 18 heavy (non-hydrogen) atoms. The van der Waals surface area contributed by atoms with Gasteiger partial charge < -0.3 is 5.32 Å². The Labute approximate surface area is 108 Å². The Morgan fingerprint density at radius 1 is 1.22 bits per heavy atom. The minimum atomic E-state index is 0.279. The van der Waals surface area contributed by atoms with E-state index in [1.54, 1.807) is 0 Å². The molecule has 3 heteroatoms. The second-order valence-electron chi connectivity index (χ2n) is 5.42. The number of hydrogen-bond acceptors (Lipinski definition) is 3. The van der Waals surface area contributed by atoms with Crippen LogP contribution in [0.2, 0.25) is 0 Å². The van der Waals surface area contributed by atoms with Crippen LogP contribution in [0.25, 0.3) is 0 Å². The van der Waals surface area contributed by atoms with Crippen molar-refractivity contribution in [1.82, 2.24) is 10.2 Å². The Morgan fingerprint density at radius 3 is 2.50 bits per heavy atom. The predicted molar refractivity (Wildman–Crippen MR) is 70.8 cm³/mol. The molecule has 0 bridgehead atoms. The highest BCUT2D eigenvalue weighted by Gasteiger charge is 2.38. The van der Waals surface area contributed by atoms with Crippen LogP contribution >= 0.6 is 0 Å². The summed E-state index contributed by atoms with van der Waals surface area (Å²) in [6, 6.07) is 13.1. The fourth-order valence-corrected chi connectivity index (χ4v) is 3.37. The van der Waals surface area contributed by atoms with E-state index in [4.69, 9.17) is 5.26 Å². The molecule has 2 saturated heterocycles. The second kappa shape index (κ2) is 5.09. The van der Waals surface area contributed by atoms with Gasteiger partial charge in [0.2, 0.25) is 0 Å². The molecule has 1 aromatic rings. The molecule has 1 N–H and O–H groups in total. The highest BCUT2D eigenvalue weighted by Crippen LogP contribution is 2.34. The van der Waals surface area contributed by atoms with Crippen LogP contribution < -0.4 is 5.32 Å². The summed E-state index contributed by atoms with van der Waals surface area (Å²) in [4.78, 5) is 2.51. The van der Waals surface area contributed by atoms with Gasteiger partial charge in [0.25, 0.3) is 0 Å². The first kappa shape index (κ1) is 11.7. The Kier molecular flexibility index (Phi) is 3.31. The van der Waals surface area contributed by atoms with Crippen molar-refractivity contribution in [2.75, 3.05) is 26.2 Å².